The number of aromatic nitrogens is 1. The number of nitrogens with zero attached hydrogens (tertiary/aromatic N) is 1. The van der Waals surface area contributed by atoms with Crippen LogP contribution in [0.25, 0.3) is 10.9 Å². The minimum Gasteiger partial charge on any atom is -0.496 e. The van der Waals surface area contributed by atoms with Gasteiger partial charge in [-0.25, -0.2) is 4.79 Å². The zero-order valence-electron chi connectivity index (χ0n) is 19.5. The maximum Gasteiger partial charge on any atom is 0.389 e. The molecule has 0 unspecified atom stereocenters. The van der Waals surface area contributed by atoms with Gasteiger partial charge in [0.15, 0.2) is 0 Å². The Balaban J connectivity index is 1.84. The summed E-state index contributed by atoms with van der Waals surface area (Å²) in [7, 11) is 4.72. The molecule has 6 nitrogen and oxygen atoms in total. The van der Waals surface area contributed by atoms with Gasteiger partial charge in [0.1, 0.15) is 5.75 Å². The number of rotatable bonds is 8. The van der Waals surface area contributed by atoms with Gasteiger partial charge in [-0.15, -0.1) is 0 Å². The summed E-state index contributed by atoms with van der Waals surface area (Å²) in [5.74, 6) is -1.08. The number of aryl methyl sites for hydroxylation is 1. The molecule has 0 aliphatic rings. The molecule has 3 aromatic rings. The first kappa shape index (κ1) is 25.1. The lowest BCUT2D eigenvalue weighted by atomic mass is 10.0. The second kappa shape index (κ2) is 10.2. The molecule has 1 aromatic heterocycles. The van der Waals surface area contributed by atoms with Gasteiger partial charge in [0, 0.05) is 49.1 Å². The largest absolute Gasteiger partial charge is 0.496 e. The van der Waals surface area contributed by atoms with Gasteiger partial charge in [0.2, 0.25) is 0 Å². The van der Waals surface area contributed by atoms with Crippen LogP contribution >= 0.6 is 0 Å². The van der Waals surface area contributed by atoms with Gasteiger partial charge >= 0.3 is 12.1 Å². The van der Waals surface area contributed by atoms with Gasteiger partial charge in [-0.3, -0.25) is 4.79 Å². The molecule has 3 rings (SSSR count). The fourth-order valence-electron chi connectivity index (χ4n) is 3.93. The summed E-state index contributed by atoms with van der Waals surface area (Å²) in [5, 5.41) is 3.44. The Hall–Kier alpha value is -3.49. The van der Waals surface area contributed by atoms with Gasteiger partial charge in [0.05, 0.1) is 19.8 Å². The number of amides is 1. The van der Waals surface area contributed by atoms with E-state index in [1.807, 2.05) is 23.9 Å². The van der Waals surface area contributed by atoms with Crippen LogP contribution in [0.1, 0.15) is 45.2 Å². The van der Waals surface area contributed by atoms with Crippen LogP contribution in [-0.4, -0.2) is 43.4 Å². The Morgan fingerprint density at radius 2 is 1.76 bits per heavy atom. The van der Waals surface area contributed by atoms with Crippen LogP contribution in [0.5, 0.6) is 5.75 Å². The van der Waals surface area contributed by atoms with E-state index in [2.05, 4.69) is 5.32 Å². The lowest BCUT2D eigenvalue weighted by molar-refractivity contribution is -0.142. The monoisotopic (exact) mass is 476 g/mol. The molecule has 0 bridgehead atoms. The van der Waals surface area contributed by atoms with E-state index >= 15 is 0 Å². The fraction of sp³-hybridized carbons (Fsp3) is 0.360. The van der Waals surface area contributed by atoms with Gasteiger partial charge in [-0.05, 0) is 47.4 Å². The maximum absolute atomic E-state index is 12.6. The lowest BCUT2D eigenvalue weighted by Crippen LogP contribution is -2.30. The van der Waals surface area contributed by atoms with Gasteiger partial charge in [-0.2, -0.15) is 13.2 Å². The molecule has 1 N–H and O–H groups in total. The van der Waals surface area contributed by atoms with E-state index < -0.39 is 30.4 Å². The van der Waals surface area contributed by atoms with Crippen molar-refractivity contribution in [3.05, 3.63) is 64.8 Å². The third-order valence-electron chi connectivity index (χ3n) is 5.61. The summed E-state index contributed by atoms with van der Waals surface area (Å²) in [6, 6.07) is 10.3. The SMILES string of the molecule is COC(=O)c1ccc(Cc2cn(C)c3ccc(C(=O)NC[C@@H](C)CC(F)(F)F)cc23)c(OC)c1. The predicted molar refractivity (Wildman–Crippen MR) is 122 cm³/mol. The molecule has 0 saturated carbocycles. The Labute approximate surface area is 195 Å². The standard InChI is InChI=1S/C25H27F3N2O4/c1-15(12-25(26,27)28)13-29-23(31)17-7-8-21-20(10-17)19(14-30(21)2)9-16-5-6-18(24(32)34-4)11-22(16)33-3/h5-8,10-11,14-15H,9,12-13H2,1-4H3,(H,29,31)/t15-/m0/s1. The molecular formula is C25H27F3N2O4. The summed E-state index contributed by atoms with van der Waals surface area (Å²) < 4.78 is 49.8. The quantitative estimate of drug-likeness (QED) is 0.471. The topological polar surface area (TPSA) is 69.6 Å². The molecule has 0 radical (unpaired) electrons. The number of hydrogen-bond acceptors (Lipinski definition) is 4. The van der Waals surface area contributed by atoms with E-state index in [0.717, 1.165) is 22.0 Å². The fourth-order valence-corrected chi connectivity index (χ4v) is 3.93. The molecule has 0 aliphatic heterocycles. The number of nitrogens with one attached hydrogen (secondary N) is 1. The molecule has 1 amide bonds. The average molecular weight is 476 g/mol. The van der Waals surface area contributed by atoms with Crippen molar-refractivity contribution in [1.82, 2.24) is 9.88 Å². The molecule has 2 aromatic carbocycles. The summed E-state index contributed by atoms with van der Waals surface area (Å²) in [6.07, 6.45) is -2.79. The maximum atomic E-state index is 12.6. The Morgan fingerprint density at radius 3 is 2.41 bits per heavy atom. The molecule has 0 fully saturated rings. The van der Waals surface area contributed by atoms with Crippen molar-refractivity contribution < 1.29 is 32.2 Å². The highest BCUT2D eigenvalue weighted by Crippen LogP contribution is 2.29. The van der Waals surface area contributed by atoms with Crippen molar-refractivity contribution in [2.45, 2.75) is 25.9 Å². The van der Waals surface area contributed by atoms with Gasteiger partial charge in [-0.1, -0.05) is 13.0 Å². The molecule has 0 spiro atoms. The number of fused-ring (bicyclic) bond motifs is 1. The van der Waals surface area contributed by atoms with Gasteiger partial charge < -0.3 is 19.4 Å². The van der Waals surface area contributed by atoms with Crippen LogP contribution in [0.4, 0.5) is 13.2 Å². The molecule has 0 aliphatic carbocycles. The van der Waals surface area contributed by atoms with E-state index in [-0.39, 0.29) is 6.54 Å². The van der Waals surface area contributed by atoms with Gasteiger partial charge in [0.25, 0.3) is 5.91 Å². The zero-order valence-corrected chi connectivity index (χ0v) is 19.5. The highest BCUT2D eigenvalue weighted by Gasteiger charge is 2.30. The third-order valence-corrected chi connectivity index (χ3v) is 5.61. The number of ether oxygens (including phenoxy) is 2. The number of carbonyl (C=O) groups is 2. The van der Waals surface area contributed by atoms with Crippen LogP contribution in [0, 0.1) is 5.92 Å². The molecule has 1 heterocycles. The minimum atomic E-state index is -4.27. The first-order valence-corrected chi connectivity index (χ1v) is 10.7. The van der Waals surface area contributed by atoms with Crippen molar-refractivity contribution >= 4 is 22.8 Å². The molecular weight excluding hydrogens is 449 g/mol. The smallest absolute Gasteiger partial charge is 0.389 e. The summed E-state index contributed by atoms with van der Waals surface area (Å²) in [6.45, 7) is 1.38. The first-order valence-electron chi connectivity index (χ1n) is 10.7. The van der Waals surface area contributed by atoms with Crippen LogP contribution in [0.15, 0.2) is 42.6 Å². The highest BCUT2D eigenvalue weighted by atomic mass is 19.4. The van der Waals surface area contributed by atoms with Crippen LogP contribution in [0.2, 0.25) is 0 Å². The molecule has 9 heteroatoms. The number of alkyl halides is 3. The second-order valence-corrected chi connectivity index (χ2v) is 8.33. The van der Waals surface area contributed by atoms with E-state index in [9.17, 15) is 22.8 Å². The van der Waals surface area contributed by atoms with Crippen molar-refractivity contribution in [1.29, 1.82) is 0 Å². The summed E-state index contributed by atoms with van der Waals surface area (Å²) >= 11 is 0. The number of carbonyl (C=O) groups excluding carboxylic acids is 2. The van der Waals surface area contributed by atoms with E-state index in [0.29, 0.717) is 23.3 Å². The molecule has 34 heavy (non-hydrogen) atoms. The Kier molecular flexibility index (Phi) is 7.54. The number of hydrogen-bond donors (Lipinski definition) is 1. The number of methoxy groups -OCH3 is 2. The van der Waals surface area contributed by atoms with E-state index in [1.54, 1.807) is 30.3 Å². The molecule has 1 atom stereocenters. The lowest BCUT2D eigenvalue weighted by Gasteiger charge is -2.15. The second-order valence-electron chi connectivity index (χ2n) is 8.33. The first-order chi connectivity index (χ1) is 16.0. The predicted octanol–water partition coefficient (Wildman–Crippen LogP) is 4.88. The highest BCUT2D eigenvalue weighted by molar-refractivity contribution is 5.99. The van der Waals surface area contributed by atoms with Crippen LogP contribution in [-0.2, 0) is 18.2 Å². The van der Waals surface area contributed by atoms with Crippen molar-refractivity contribution in [3.63, 3.8) is 0 Å². The third kappa shape index (κ3) is 5.89. The number of esters is 1. The Morgan fingerprint density at radius 1 is 1.06 bits per heavy atom. The molecule has 182 valence electrons. The van der Waals surface area contributed by atoms with E-state index in [4.69, 9.17) is 9.47 Å². The minimum absolute atomic E-state index is 0.0677. The van der Waals surface area contributed by atoms with Crippen molar-refractivity contribution in [2.75, 3.05) is 20.8 Å². The van der Waals surface area contributed by atoms with Crippen LogP contribution < -0.4 is 10.1 Å². The van der Waals surface area contributed by atoms with E-state index in [1.165, 1.54) is 21.1 Å². The summed E-state index contributed by atoms with van der Waals surface area (Å²) in [4.78, 5) is 24.4. The normalized spacial score (nSPS) is 12.4. The number of benzene rings is 2. The summed E-state index contributed by atoms with van der Waals surface area (Å²) in [5.41, 5.74) is 3.43. The van der Waals surface area contributed by atoms with Crippen LogP contribution in [0.3, 0.4) is 0 Å². The zero-order chi connectivity index (χ0) is 25.0. The average Bonchev–Trinajstić information content (AvgIpc) is 3.10. The Bertz CT molecular complexity index is 1200. The molecule has 0 saturated heterocycles. The number of halogens is 3. The van der Waals surface area contributed by atoms with Crippen molar-refractivity contribution in [2.24, 2.45) is 13.0 Å². The van der Waals surface area contributed by atoms with Crippen molar-refractivity contribution in [3.8, 4) is 5.75 Å².